The van der Waals surface area contributed by atoms with E-state index in [9.17, 15) is 9.90 Å². The van der Waals surface area contributed by atoms with Crippen LogP contribution in [0, 0.1) is 5.41 Å². The van der Waals surface area contributed by atoms with Gasteiger partial charge in [-0.2, -0.15) is 0 Å². The molecule has 28 heavy (non-hydrogen) atoms. The third kappa shape index (κ3) is 8.02. The zero-order valence-corrected chi connectivity index (χ0v) is 18.8. The molecule has 164 valence electrons. The van der Waals surface area contributed by atoms with Gasteiger partial charge in [0.2, 0.25) is 5.88 Å². The molecule has 0 saturated carbocycles. The molecule has 0 aliphatic rings. The van der Waals surface area contributed by atoms with Crippen LogP contribution in [0.15, 0.2) is 11.0 Å². The summed E-state index contributed by atoms with van der Waals surface area (Å²) in [5.74, 6) is 0.0861. The number of aromatic nitrogens is 2. The Morgan fingerprint density at radius 1 is 0.929 bits per heavy atom. The fourth-order valence-corrected chi connectivity index (χ4v) is 4.07. The highest BCUT2D eigenvalue weighted by atomic mass is 16.5. The molecule has 0 aromatic carbocycles. The molecule has 0 spiro atoms. The predicted octanol–water partition coefficient (Wildman–Crippen LogP) is 5.73. The summed E-state index contributed by atoms with van der Waals surface area (Å²) in [6, 6.07) is 0. The molecule has 0 unspecified atom stereocenters. The third-order valence-corrected chi connectivity index (χ3v) is 6.34. The summed E-state index contributed by atoms with van der Waals surface area (Å²) in [5.41, 5.74) is 0.307. The average Bonchev–Trinajstić information content (AvgIpc) is 2.99. The van der Waals surface area contributed by atoms with E-state index in [0.29, 0.717) is 18.5 Å². The monoisotopic (exact) mass is 396 g/mol. The molecule has 1 rings (SSSR count). The highest BCUT2D eigenvalue weighted by Gasteiger charge is 2.25. The first kappa shape index (κ1) is 24.8. The van der Waals surface area contributed by atoms with Crippen LogP contribution in [0.5, 0.6) is 5.88 Å². The number of aryl methyl sites for hydroxylation is 1. The quantitative estimate of drug-likeness (QED) is 0.342. The molecule has 0 aliphatic carbocycles. The van der Waals surface area contributed by atoms with E-state index in [4.69, 9.17) is 4.74 Å². The summed E-state index contributed by atoms with van der Waals surface area (Å²) in [6.45, 7) is 11.8. The van der Waals surface area contributed by atoms with Crippen molar-refractivity contribution < 1.29 is 9.84 Å². The number of aromatic hydroxyl groups is 1. The van der Waals surface area contributed by atoms with E-state index in [-0.39, 0.29) is 11.6 Å². The molecule has 0 atom stereocenters. The van der Waals surface area contributed by atoms with E-state index in [1.54, 1.807) is 4.57 Å². The van der Waals surface area contributed by atoms with Crippen LogP contribution < -0.4 is 5.69 Å². The van der Waals surface area contributed by atoms with Gasteiger partial charge in [0.25, 0.3) is 0 Å². The zero-order chi connectivity index (χ0) is 20.8. The van der Waals surface area contributed by atoms with Gasteiger partial charge in [0.15, 0.2) is 0 Å². The second kappa shape index (κ2) is 13.9. The summed E-state index contributed by atoms with van der Waals surface area (Å²) >= 11 is 0. The molecule has 1 heterocycles. The average molecular weight is 397 g/mol. The summed E-state index contributed by atoms with van der Waals surface area (Å²) in [5, 5.41) is 9.96. The second-order valence-corrected chi connectivity index (χ2v) is 8.15. The van der Waals surface area contributed by atoms with Crippen molar-refractivity contribution in [2.24, 2.45) is 5.41 Å². The Bertz CT molecular complexity index is 573. The molecule has 5 heteroatoms. The Morgan fingerprint density at radius 3 is 2.07 bits per heavy atom. The second-order valence-electron chi connectivity index (χ2n) is 8.15. The van der Waals surface area contributed by atoms with E-state index in [1.807, 2.05) is 6.92 Å². The lowest BCUT2D eigenvalue weighted by molar-refractivity contribution is 0.119. The van der Waals surface area contributed by atoms with Gasteiger partial charge in [-0.3, -0.25) is 9.13 Å². The molecule has 1 aromatic heterocycles. The van der Waals surface area contributed by atoms with Gasteiger partial charge in [-0.25, -0.2) is 4.79 Å². The molecule has 0 fully saturated rings. The Balaban J connectivity index is 2.33. The zero-order valence-electron chi connectivity index (χ0n) is 18.8. The Hall–Kier alpha value is -1.23. The van der Waals surface area contributed by atoms with Crippen LogP contribution in [0.1, 0.15) is 98.3 Å². The number of rotatable bonds is 17. The minimum Gasteiger partial charge on any atom is -0.493 e. The Kier molecular flexibility index (Phi) is 12.3. The molecule has 0 saturated heterocycles. The van der Waals surface area contributed by atoms with Crippen LogP contribution >= 0.6 is 0 Å². The van der Waals surface area contributed by atoms with Crippen LogP contribution in [-0.2, 0) is 17.8 Å². The fourth-order valence-electron chi connectivity index (χ4n) is 4.07. The molecule has 0 bridgehead atoms. The SMILES string of the molecule is CCCCCOCCCCC(CC)(CC)CCCCn1c(O)cn(CC)c1=O. The molecule has 0 aliphatic heterocycles. The van der Waals surface area contributed by atoms with Gasteiger partial charge in [-0.15, -0.1) is 0 Å². The van der Waals surface area contributed by atoms with Gasteiger partial charge >= 0.3 is 5.69 Å². The van der Waals surface area contributed by atoms with Gasteiger partial charge in [0, 0.05) is 26.3 Å². The minimum absolute atomic E-state index is 0.0861. The molecule has 1 aromatic rings. The summed E-state index contributed by atoms with van der Waals surface area (Å²) in [6.07, 6.45) is 14.5. The van der Waals surface area contributed by atoms with Crippen LogP contribution in [0.3, 0.4) is 0 Å². The van der Waals surface area contributed by atoms with E-state index in [0.717, 1.165) is 32.5 Å². The number of nitrogens with zero attached hydrogens (tertiary/aromatic N) is 2. The van der Waals surface area contributed by atoms with Crippen LogP contribution in [0.25, 0.3) is 0 Å². The van der Waals surface area contributed by atoms with E-state index in [2.05, 4.69) is 20.8 Å². The highest BCUT2D eigenvalue weighted by Crippen LogP contribution is 2.38. The van der Waals surface area contributed by atoms with Crippen molar-refractivity contribution in [1.29, 1.82) is 0 Å². The Morgan fingerprint density at radius 2 is 1.54 bits per heavy atom. The first-order valence-electron chi connectivity index (χ1n) is 11.6. The van der Waals surface area contributed by atoms with Gasteiger partial charge in [0.05, 0.1) is 6.20 Å². The van der Waals surface area contributed by atoms with Gasteiger partial charge < -0.3 is 9.84 Å². The smallest absolute Gasteiger partial charge is 0.331 e. The molecular weight excluding hydrogens is 352 g/mol. The van der Waals surface area contributed by atoms with Crippen LogP contribution in [0.4, 0.5) is 0 Å². The summed E-state index contributed by atoms with van der Waals surface area (Å²) in [4.78, 5) is 12.2. The van der Waals surface area contributed by atoms with Gasteiger partial charge in [0.1, 0.15) is 0 Å². The number of hydrogen-bond donors (Lipinski definition) is 1. The molecular formula is C23H44N2O3. The number of unbranched alkanes of at least 4 members (excludes halogenated alkanes) is 4. The maximum atomic E-state index is 12.2. The number of ether oxygens (including phenoxy) is 1. The first-order valence-corrected chi connectivity index (χ1v) is 11.6. The molecule has 0 amide bonds. The van der Waals surface area contributed by atoms with Crippen molar-refractivity contribution in [1.82, 2.24) is 9.13 Å². The molecule has 5 nitrogen and oxygen atoms in total. The van der Waals surface area contributed by atoms with Gasteiger partial charge in [-0.05, 0) is 44.4 Å². The summed E-state index contributed by atoms with van der Waals surface area (Å²) in [7, 11) is 0. The van der Waals surface area contributed by atoms with Crippen molar-refractivity contribution in [2.45, 2.75) is 111 Å². The first-order chi connectivity index (χ1) is 13.5. The van der Waals surface area contributed by atoms with E-state index < -0.39 is 0 Å². The molecule has 1 N–H and O–H groups in total. The van der Waals surface area contributed by atoms with Crippen LogP contribution in [0.2, 0.25) is 0 Å². The summed E-state index contributed by atoms with van der Waals surface area (Å²) < 4.78 is 8.80. The minimum atomic E-state index is -0.101. The van der Waals surface area contributed by atoms with Crippen LogP contribution in [-0.4, -0.2) is 27.5 Å². The lowest BCUT2D eigenvalue weighted by atomic mass is 9.74. The standard InChI is InChI=1S/C23H44N2O3/c1-5-9-13-18-28-19-14-11-16-23(6-2,7-3)15-10-12-17-25-21(26)20-24(8-4)22(25)27/h20,26H,5-19H2,1-4H3. The number of imidazole rings is 1. The van der Waals surface area contributed by atoms with Crippen molar-refractivity contribution in [3.05, 3.63) is 16.7 Å². The van der Waals surface area contributed by atoms with Crippen molar-refractivity contribution in [3.8, 4) is 5.88 Å². The third-order valence-electron chi connectivity index (χ3n) is 6.34. The largest absolute Gasteiger partial charge is 0.493 e. The van der Waals surface area contributed by atoms with E-state index in [1.165, 1.54) is 62.1 Å². The fraction of sp³-hybridized carbons (Fsp3) is 0.870. The maximum Gasteiger partial charge on any atom is 0.331 e. The van der Waals surface area contributed by atoms with Crippen molar-refractivity contribution in [3.63, 3.8) is 0 Å². The topological polar surface area (TPSA) is 56.4 Å². The Labute approximate surface area is 172 Å². The maximum absolute atomic E-state index is 12.2. The van der Waals surface area contributed by atoms with Crippen molar-refractivity contribution >= 4 is 0 Å². The lowest BCUT2D eigenvalue weighted by Gasteiger charge is -2.32. The van der Waals surface area contributed by atoms with E-state index >= 15 is 0 Å². The normalized spacial score (nSPS) is 12.0. The molecule has 0 radical (unpaired) electrons. The lowest BCUT2D eigenvalue weighted by Crippen LogP contribution is -2.24. The predicted molar refractivity (Wildman–Crippen MR) is 117 cm³/mol. The highest BCUT2D eigenvalue weighted by molar-refractivity contribution is 5.05. The van der Waals surface area contributed by atoms with Crippen molar-refractivity contribution in [2.75, 3.05) is 13.2 Å². The number of hydrogen-bond acceptors (Lipinski definition) is 3. The van der Waals surface area contributed by atoms with Gasteiger partial charge in [-0.1, -0.05) is 59.3 Å².